The molecule has 0 aliphatic rings. The number of hydrogen-bond donors (Lipinski definition) is 0. The van der Waals surface area contributed by atoms with Gasteiger partial charge in [-0.15, -0.1) is 0 Å². The fourth-order valence-electron chi connectivity index (χ4n) is 6.23. The molecule has 45 heavy (non-hydrogen) atoms. The second-order valence-corrected chi connectivity index (χ2v) is 16.2. The average molecular weight is 652 g/mol. The third kappa shape index (κ3) is 7.40. The summed E-state index contributed by atoms with van der Waals surface area (Å²) in [6.45, 7) is 13.6. The summed E-state index contributed by atoms with van der Waals surface area (Å²) in [5.41, 5.74) is -8.14. The second-order valence-electron chi connectivity index (χ2n) is 13.0. The number of halogens is 6. The Morgan fingerprint density at radius 3 is 1.22 bits per heavy atom. The first-order valence-corrected chi connectivity index (χ1v) is 16.4. The standard InChI is InChI=1S/C35H38F6O3P/c1-20(18-33(6,7)8)19-45(30(42)27-21(2)12-9-13-22(27)3,31(43)28-23(4)14-10-15-24(28)5)32(44)29-25(34(36,37)38)16-11-17-26(29)35(39,40)41/h9-17,20H,18-19H2,1-8H3/q+1. The molecule has 0 saturated heterocycles. The van der Waals surface area contributed by atoms with E-state index in [1.54, 1.807) is 71.0 Å². The molecule has 1 atom stereocenters. The van der Waals surface area contributed by atoms with Crippen LogP contribution in [0.15, 0.2) is 54.6 Å². The topological polar surface area (TPSA) is 51.2 Å². The number of aryl methyl sites for hydroxylation is 4. The molecule has 0 bridgehead atoms. The number of benzene rings is 3. The maximum atomic E-state index is 15.0. The predicted octanol–water partition coefficient (Wildman–Crippen LogP) is 10.9. The van der Waals surface area contributed by atoms with Crippen LogP contribution in [-0.2, 0) is 12.4 Å². The Balaban J connectivity index is 2.62. The summed E-state index contributed by atoms with van der Waals surface area (Å²) in [4.78, 5) is 45.0. The van der Waals surface area contributed by atoms with E-state index < -0.39 is 70.4 Å². The van der Waals surface area contributed by atoms with Gasteiger partial charge in [0.1, 0.15) is 0 Å². The fraction of sp³-hybridized carbons (Fsp3) is 0.400. The minimum atomic E-state index is -5.39. The van der Waals surface area contributed by atoms with Crippen molar-refractivity contribution in [3.05, 3.63) is 105 Å². The molecular formula is C35H38F6O3P+. The van der Waals surface area contributed by atoms with Gasteiger partial charge in [0, 0.05) is 0 Å². The smallest absolute Gasteiger partial charge is 0.246 e. The molecule has 3 rings (SSSR count). The summed E-state index contributed by atoms with van der Waals surface area (Å²) in [5.74, 6) is -0.601. The molecule has 0 aliphatic heterocycles. The van der Waals surface area contributed by atoms with Crippen LogP contribution in [0.4, 0.5) is 26.3 Å². The molecule has 0 spiro atoms. The first-order chi connectivity index (χ1) is 20.5. The first kappa shape index (κ1) is 36.2. The molecular weight excluding hydrogens is 613 g/mol. The monoisotopic (exact) mass is 651 g/mol. The van der Waals surface area contributed by atoms with Crippen LogP contribution in [0.1, 0.15) is 98.6 Å². The van der Waals surface area contributed by atoms with Crippen LogP contribution in [0, 0.1) is 39.0 Å². The molecule has 242 valence electrons. The zero-order valence-corrected chi connectivity index (χ0v) is 27.5. The first-order valence-electron chi connectivity index (χ1n) is 14.5. The SMILES string of the molecule is Cc1cccc(C)c1C(=O)[P+](CC(C)CC(C)(C)C)(C(=O)c1c(C)cccc1C)C(=O)c1c(C(F)(F)F)cccc1C(F)(F)F. The number of carbonyl (C=O) groups is 3. The van der Waals surface area contributed by atoms with E-state index in [0.717, 1.165) is 0 Å². The molecule has 3 aromatic carbocycles. The van der Waals surface area contributed by atoms with E-state index in [9.17, 15) is 31.1 Å². The van der Waals surface area contributed by atoms with E-state index in [-0.39, 0.29) is 11.1 Å². The second kappa shape index (κ2) is 12.8. The van der Waals surface area contributed by atoms with Crippen LogP contribution in [-0.4, -0.2) is 22.7 Å². The fourth-order valence-corrected chi connectivity index (χ4v) is 10.4. The third-order valence-corrected chi connectivity index (χ3v) is 11.8. The molecule has 10 heteroatoms. The average Bonchev–Trinajstić information content (AvgIpc) is 2.88. The Bertz CT molecular complexity index is 1490. The highest BCUT2D eigenvalue weighted by molar-refractivity contribution is 8.16. The lowest BCUT2D eigenvalue weighted by Gasteiger charge is -2.30. The molecule has 0 N–H and O–H groups in total. The highest BCUT2D eigenvalue weighted by Gasteiger charge is 2.65. The van der Waals surface area contributed by atoms with Gasteiger partial charge < -0.3 is 0 Å². The highest BCUT2D eigenvalue weighted by atomic mass is 31.2. The Morgan fingerprint density at radius 1 is 0.600 bits per heavy atom. The van der Waals surface area contributed by atoms with Gasteiger partial charge in [-0.1, -0.05) is 70.2 Å². The van der Waals surface area contributed by atoms with Crippen molar-refractivity contribution in [2.24, 2.45) is 11.3 Å². The Kier molecular flexibility index (Phi) is 10.3. The molecule has 0 aromatic heterocycles. The minimum absolute atomic E-state index is 0.0419. The molecule has 3 nitrogen and oxygen atoms in total. The number of hydrogen-bond acceptors (Lipinski definition) is 3. The molecule has 0 fully saturated rings. The van der Waals surface area contributed by atoms with E-state index in [0.29, 0.717) is 46.9 Å². The zero-order valence-electron chi connectivity index (χ0n) is 26.6. The van der Waals surface area contributed by atoms with Gasteiger partial charge in [0.2, 0.25) is 7.26 Å². The number of carbonyl (C=O) groups excluding carboxylic acids is 3. The van der Waals surface area contributed by atoms with Crippen molar-refractivity contribution in [1.29, 1.82) is 0 Å². The van der Waals surface area contributed by atoms with E-state index >= 15 is 9.59 Å². The Hall–Kier alpha value is -3.32. The van der Waals surface area contributed by atoms with Gasteiger partial charge in [0.15, 0.2) is 0 Å². The lowest BCUT2D eigenvalue weighted by Crippen LogP contribution is -2.33. The van der Waals surface area contributed by atoms with Crippen LogP contribution >= 0.6 is 7.26 Å². The van der Waals surface area contributed by atoms with Crippen LogP contribution < -0.4 is 0 Å². The van der Waals surface area contributed by atoms with E-state index in [1.165, 1.54) is 0 Å². The van der Waals surface area contributed by atoms with Crippen molar-refractivity contribution >= 4 is 23.8 Å². The summed E-state index contributed by atoms with van der Waals surface area (Å²) in [7, 11) is -4.79. The minimum Gasteiger partial charge on any atom is -0.246 e. The third-order valence-electron chi connectivity index (χ3n) is 7.87. The van der Waals surface area contributed by atoms with Crippen molar-refractivity contribution in [3.63, 3.8) is 0 Å². The quantitative estimate of drug-likeness (QED) is 0.171. The van der Waals surface area contributed by atoms with Gasteiger partial charge in [-0.3, -0.25) is 0 Å². The lowest BCUT2D eigenvalue weighted by atomic mass is 9.86. The zero-order chi connectivity index (χ0) is 34.3. The van der Waals surface area contributed by atoms with Crippen molar-refractivity contribution in [2.45, 2.75) is 74.2 Å². The molecule has 0 amide bonds. The number of rotatable bonds is 9. The lowest BCUT2D eigenvalue weighted by molar-refractivity contribution is -0.143. The number of alkyl halides is 6. The Labute approximate surface area is 260 Å². The Morgan fingerprint density at radius 2 is 0.911 bits per heavy atom. The van der Waals surface area contributed by atoms with E-state index in [2.05, 4.69) is 0 Å². The molecule has 3 aromatic rings. The van der Waals surface area contributed by atoms with Crippen molar-refractivity contribution in [2.75, 3.05) is 6.16 Å². The normalized spacial score (nSPS) is 13.5. The molecule has 0 heterocycles. The van der Waals surface area contributed by atoms with E-state index in [1.807, 2.05) is 20.8 Å². The van der Waals surface area contributed by atoms with Gasteiger partial charge in [-0.05, 0) is 79.8 Å². The summed E-state index contributed by atoms with van der Waals surface area (Å²) >= 11 is 0. The maximum absolute atomic E-state index is 15.0. The predicted molar refractivity (Wildman–Crippen MR) is 166 cm³/mol. The molecule has 1 unspecified atom stereocenters. The summed E-state index contributed by atoms with van der Waals surface area (Å²) in [6.07, 6.45) is -10.9. The van der Waals surface area contributed by atoms with Crippen LogP contribution in [0.5, 0.6) is 0 Å². The van der Waals surface area contributed by atoms with Crippen LogP contribution in [0.3, 0.4) is 0 Å². The highest BCUT2D eigenvalue weighted by Crippen LogP contribution is 2.69. The summed E-state index contributed by atoms with van der Waals surface area (Å²) in [6, 6.07) is 10.9. The van der Waals surface area contributed by atoms with Crippen molar-refractivity contribution < 1.29 is 40.7 Å². The van der Waals surface area contributed by atoms with Gasteiger partial charge in [-0.2, -0.15) is 26.3 Å². The molecule has 0 saturated carbocycles. The molecule has 0 aliphatic carbocycles. The van der Waals surface area contributed by atoms with Gasteiger partial charge in [0.05, 0.1) is 34.0 Å². The largest absolute Gasteiger partial charge is 0.417 e. The summed E-state index contributed by atoms with van der Waals surface area (Å²) < 4.78 is 86.9. The van der Waals surface area contributed by atoms with E-state index in [4.69, 9.17) is 0 Å². The summed E-state index contributed by atoms with van der Waals surface area (Å²) in [5, 5.41) is 0. The van der Waals surface area contributed by atoms with Crippen LogP contribution in [0.2, 0.25) is 0 Å². The van der Waals surface area contributed by atoms with Crippen molar-refractivity contribution in [3.8, 4) is 0 Å². The molecule has 0 radical (unpaired) electrons. The van der Waals surface area contributed by atoms with Crippen LogP contribution in [0.25, 0.3) is 0 Å². The van der Waals surface area contributed by atoms with Gasteiger partial charge >= 0.3 is 28.9 Å². The van der Waals surface area contributed by atoms with Gasteiger partial charge in [0.25, 0.3) is 0 Å². The van der Waals surface area contributed by atoms with Crippen molar-refractivity contribution in [1.82, 2.24) is 0 Å². The van der Waals surface area contributed by atoms with Gasteiger partial charge in [-0.25, -0.2) is 14.4 Å². The maximum Gasteiger partial charge on any atom is 0.417 e.